The lowest BCUT2D eigenvalue weighted by atomic mass is 9.74. The second-order valence-electron chi connectivity index (χ2n) is 12.1. The van der Waals surface area contributed by atoms with Gasteiger partial charge in [0, 0.05) is 43.4 Å². The fourth-order valence-electron chi connectivity index (χ4n) is 7.83. The van der Waals surface area contributed by atoms with Crippen LogP contribution in [0.3, 0.4) is 0 Å². The van der Waals surface area contributed by atoms with Crippen molar-refractivity contribution in [1.82, 2.24) is 19.9 Å². The van der Waals surface area contributed by atoms with Crippen LogP contribution in [0.1, 0.15) is 60.9 Å². The Kier molecular flexibility index (Phi) is 5.92. The monoisotopic (exact) mass is 554 g/mol. The Morgan fingerprint density at radius 2 is 2.10 bits per heavy atom. The zero-order valence-corrected chi connectivity index (χ0v) is 23.1. The first-order valence-corrected chi connectivity index (χ1v) is 14.9. The van der Waals surface area contributed by atoms with Crippen molar-refractivity contribution < 1.29 is 14.2 Å². The third kappa shape index (κ3) is 3.96. The Labute approximate surface area is 231 Å². The number of thiophene rings is 1. The van der Waals surface area contributed by atoms with Gasteiger partial charge in [-0.3, -0.25) is 4.90 Å². The van der Waals surface area contributed by atoms with E-state index in [0.717, 1.165) is 57.1 Å². The van der Waals surface area contributed by atoms with Crippen molar-refractivity contribution in [1.29, 1.82) is 5.26 Å². The predicted octanol–water partition coefficient (Wildman–Crippen LogP) is 2.40. The minimum Gasteiger partial charge on any atom is -0.461 e. The zero-order chi connectivity index (χ0) is 26.9. The first-order chi connectivity index (χ1) is 18.8. The maximum absolute atomic E-state index is 14.3. The number of nitrogens with zero attached hydrogens (tertiary/aromatic N) is 7. The standard InChI is InChI=1S/C27H35FN8O2S/c1-34(18-4-2-5-19(18)37)23-31-24(33-25(32-23)38-15-27-7-3-9-36(27)12-16(28)10-27)35-13-26(14-35)8-6-20-21(26)17(11-29)22(30)39-20/h16,18-19,37H,2-10,12-15,30H2,1H3/t16-,18-,19+,27+/m1/s1. The molecule has 3 aliphatic heterocycles. The normalized spacial score (nSPS) is 30.8. The summed E-state index contributed by atoms with van der Waals surface area (Å²) in [5.41, 5.74) is 7.50. The summed E-state index contributed by atoms with van der Waals surface area (Å²) in [7, 11) is 1.92. The molecule has 2 aromatic rings. The topological polar surface area (TPSA) is 128 Å². The summed E-state index contributed by atoms with van der Waals surface area (Å²) in [4.78, 5) is 21.7. The summed E-state index contributed by atoms with van der Waals surface area (Å²) in [6.07, 6.45) is 5.70. The quantitative estimate of drug-likeness (QED) is 0.549. The highest BCUT2D eigenvalue weighted by Crippen LogP contribution is 2.52. The van der Waals surface area contributed by atoms with Crippen molar-refractivity contribution in [3.8, 4) is 12.1 Å². The van der Waals surface area contributed by atoms with E-state index in [1.54, 1.807) is 0 Å². The van der Waals surface area contributed by atoms with Crippen molar-refractivity contribution in [3.05, 3.63) is 16.0 Å². The largest absolute Gasteiger partial charge is 0.461 e. The highest BCUT2D eigenvalue weighted by molar-refractivity contribution is 7.16. The third-order valence-corrected chi connectivity index (χ3v) is 10.9. The molecule has 0 bridgehead atoms. The Morgan fingerprint density at radius 3 is 2.87 bits per heavy atom. The van der Waals surface area contributed by atoms with Gasteiger partial charge in [-0.2, -0.15) is 20.2 Å². The van der Waals surface area contributed by atoms with Crippen molar-refractivity contribution in [2.75, 3.05) is 55.4 Å². The van der Waals surface area contributed by atoms with E-state index in [4.69, 9.17) is 20.4 Å². The lowest BCUT2D eigenvalue weighted by Crippen LogP contribution is -2.59. The fourth-order valence-corrected chi connectivity index (χ4v) is 8.97. The number of rotatable bonds is 6. The Balaban J connectivity index is 1.16. The molecule has 1 saturated carbocycles. The molecule has 3 N–H and O–H groups in total. The maximum atomic E-state index is 14.3. The van der Waals surface area contributed by atoms with Crippen LogP contribution in [0, 0.1) is 11.3 Å². The van der Waals surface area contributed by atoms with E-state index in [1.807, 2.05) is 11.9 Å². The smallest absolute Gasteiger partial charge is 0.323 e. The molecule has 5 heterocycles. The molecule has 4 fully saturated rings. The molecule has 39 heavy (non-hydrogen) atoms. The van der Waals surface area contributed by atoms with E-state index in [0.29, 0.717) is 55.1 Å². The number of hydrogen-bond acceptors (Lipinski definition) is 11. The number of anilines is 3. The van der Waals surface area contributed by atoms with Crippen molar-refractivity contribution in [2.45, 2.75) is 80.6 Å². The van der Waals surface area contributed by atoms with Gasteiger partial charge in [0.15, 0.2) is 0 Å². The van der Waals surface area contributed by atoms with Gasteiger partial charge in [-0.15, -0.1) is 11.3 Å². The van der Waals surface area contributed by atoms with E-state index in [-0.39, 0.29) is 23.0 Å². The first kappa shape index (κ1) is 25.2. The number of aliphatic hydroxyl groups excluding tert-OH is 1. The van der Waals surface area contributed by atoms with E-state index >= 15 is 0 Å². The lowest BCUT2D eigenvalue weighted by molar-refractivity contribution is 0.107. The van der Waals surface area contributed by atoms with Gasteiger partial charge >= 0.3 is 6.01 Å². The Hall–Kier alpha value is -2.75. The lowest BCUT2D eigenvalue weighted by Gasteiger charge is -2.48. The molecule has 0 amide bonds. The number of nitrogen functional groups attached to an aromatic ring is 1. The predicted molar refractivity (Wildman–Crippen MR) is 146 cm³/mol. The zero-order valence-electron chi connectivity index (χ0n) is 22.3. The molecule has 4 atom stereocenters. The molecule has 3 saturated heterocycles. The number of fused-ring (bicyclic) bond motifs is 3. The van der Waals surface area contributed by atoms with Gasteiger partial charge in [-0.05, 0) is 57.1 Å². The van der Waals surface area contributed by atoms with Crippen LogP contribution in [-0.4, -0.2) is 88.6 Å². The maximum Gasteiger partial charge on any atom is 0.323 e. The minimum absolute atomic E-state index is 0.0637. The van der Waals surface area contributed by atoms with Crippen LogP contribution < -0.4 is 20.3 Å². The molecule has 1 spiro atoms. The van der Waals surface area contributed by atoms with Crippen LogP contribution in [0.5, 0.6) is 6.01 Å². The van der Waals surface area contributed by atoms with Gasteiger partial charge in [-0.1, -0.05) is 0 Å². The number of aliphatic hydroxyl groups is 1. The fraction of sp³-hybridized carbons (Fsp3) is 0.704. The third-order valence-electron chi connectivity index (χ3n) is 9.83. The number of hydrogen-bond donors (Lipinski definition) is 2. The molecule has 2 aliphatic carbocycles. The van der Waals surface area contributed by atoms with Gasteiger partial charge < -0.3 is 25.4 Å². The number of halogens is 1. The molecule has 0 unspecified atom stereocenters. The number of nitriles is 1. The van der Waals surface area contributed by atoms with Crippen LogP contribution in [0.25, 0.3) is 0 Å². The van der Waals surface area contributed by atoms with E-state index in [2.05, 4.69) is 20.9 Å². The van der Waals surface area contributed by atoms with Gasteiger partial charge in [0.25, 0.3) is 0 Å². The molecular formula is C27H35FN8O2S. The first-order valence-electron chi connectivity index (χ1n) is 14.1. The summed E-state index contributed by atoms with van der Waals surface area (Å²) < 4.78 is 20.6. The molecule has 0 radical (unpaired) electrons. The molecular weight excluding hydrogens is 519 g/mol. The number of alkyl halides is 1. The van der Waals surface area contributed by atoms with Crippen molar-refractivity contribution >= 4 is 28.2 Å². The SMILES string of the molecule is CN(c1nc(OC[C@@]23CCCN2C[C@H](F)C3)nc(N2CC3(CCc4sc(N)c(C#N)c43)C2)n1)[C@@H]1CCC[C@@H]1O. The van der Waals surface area contributed by atoms with Gasteiger partial charge in [0.2, 0.25) is 11.9 Å². The highest BCUT2D eigenvalue weighted by atomic mass is 32.1. The molecule has 5 aliphatic rings. The highest BCUT2D eigenvalue weighted by Gasteiger charge is 2.52. The summed E-state index contributed by atoms with van der Waals surface area (Å²) in [5.74, 6) is 1.01. The number of aryl methyl sites for hydroxylation is 1. The van der Waals surface area contributed by atoms with Crippen LogP contribution in [-0.2, 0) is 11.8 Å². The average Bonchev–Trinajstić information content (AvgIpc) is 3.68. The summed E-state index contributed by atoms with van der Waals surface area (Å²) in [6, 6.07) is 2.51. The minimum atomic E-state index is -0.827. The number of aromatic nitrogens is 3. The van der Waals surface area contributed by atoms with Crippen molar-refractivity contribution in [2.24, 2.45) is 0 Å². The Morgan fingerprint density at radius 1 is 1.26 bits per heavy atom. The average molecular weight is 555 g/mol. The number of nitrogens with two attached hydrogens (primary N) is 1. The molecule has 7 rings (SSSR count). The van der Waals surface area contributed by atoms with Crippen LogP contribution in [0.4, 0.5) is 21.3 Å². The summed E-state index contributed by atoms with van der Waals surface area (Å²) >= 11 is 1.54. The molecule has 208 valence electrons. The number of ether oxygens (including phenoxy) is 1. The van der Waals surface area contributed by atoms with Gasteiger partial charge in [-0.25, -0.2) is 4.39 Å². The summed E-state index contributed by atoms with van der Waals surface area (Å²) in [6.45, 7) is 3.11. The molecule has 10 nitrogen and oxygen atoms in total. The molecule has 0 aromatic carbocycles. The second-order valence-corrected chi connectivity index (χ2v) is 13.3. The van der Waals surface area contributed by atoms with Crippen LogP contribution in [0.2, 0.25) is 0 Å². The van der Waals surface area contributed by atoms with Gasteiger partial charge in [0.05, 0.1) is 23.2 Å². The molecule has 2 aromatic heterocycles. The van der Waals surface area contributed by atoms with E-state index < -0.39 is 12.3 Å². The van der Waals surface area contributed by atoms with Gasteiger partial charge in [0.1, 0.15) is 23.8 Å². The van der Waals surface area contributed by atoms with Crippen molar-refractivity contribution in [3.63, 3.8) is 0 Å². The van der Waals surface area contributed by atoms with E-state index in [1.165, 1.54) is 16.2 Å². The molecule has 12 heteroatoms. The second kappa shape index (κ2) is 9.14. The number of likely N-dealkylation sites (N-methyl/N-ethyl adjacent to an activating group) is 1. The van der Waals surface area contributed by atoms with Crippen LogP contribution in [0.15, 0.2) is 0 Å². The Bertz CT molecular complexity index is 1330. The van der Waals surface area contributed by atoms with E-state index in [9.17, 15) is 14.8 Å². The summed E-state index contributed by atoms with van der Waals surface area (Å²) in [5, 5.41) is 20.9. The van der Waals surface area contributed by atoms with Crippen LogP contribution >= 0.6 is 11.3 Å².